The van der Waals surface area contributed by atoms with E-state index in [0.717, 1.165) is 11.3 Å². The van der Waals surface area contributed by atoms with Crippen molar-refractivity contribution in [2.45, 2.75) is 44.6 Å². The number of anilines is 1. The number of esters is 1. The first-order chi connectivity index (χ1) is 18.3. The molecule has 1 heterocycles. The summed E-state index contributed by atoms with van der Waals surface area (Å²) in [6.07, 6.45) is 5.84. The zero-order chi connectivity index (χ0) is 27.5. The molecule has 0 radical (unpaired) electrons. The van der Waals surface area contributed by atoms with Gasteiger partial charge in [-0.25, -0.2) is 0 Å². The zero-order valence-corrected chi connectivity index (χ0v) is 24.2. The summed E-state index contributed by atoms with van der Waals surface area (Å²) >= 11 is 8.52. The van der Waals surface area contributed by atoms with Crippen molar-refractivity contribution in [1.82, 2.24) is 0 Å². The molecule has 1 aliphatic rings. The summed E-state index contributed by atoms with van der Waals surface area (Å²) in [5.41, 5.74) is 5.47. The molecular weight excluding hydrogens is 516 g/mol. The highest BCUT2D eigenvalue weighted by atomic mass is 32.1. The molecule has 2 aromatic rings. The van der Waals surface area contributed by atoms with Crippen LogP contribution in [0.25, 0.3) is 6.08 Å². The van der Waals surface area contributed by atoms with Gasteiger partial charge in [-0.15, -0.1) is 0 Å². The Balaban J connectivity index is 1.79. The smallest absolute Gasteiger partial charge is 0.306 e. The van der Waals surface area contributed by atoms with Crippen LogP contribution in [-0.4, -0.2) is 76.9 Å². The summed E-state index contributed by atoms with van der Waals surface area (Å²) in [6.45, 7) is 6.21. The molecule has 0 fully saturated rings. The van der Waals surface area contributed by atoms with E-state index in [1.807, 2.05) is 29.2 Å². The van der Waals surface area contributed by atoms with E-state index in [9.17, 15) is 15.0 Å². The van der Waals surface area contributed by atoms with Crippen molar-refractivity contribution < 1.29 is 24.3 Å². The van der Waals surface area contributed by atoms with Crippen LogP contribution >= 0.6 is 25.3 Å². The number of nitrogens with zero attached hydrogens (tertiary/aromatic N) is 2. The first-order valence-electron chi connectivity index (χ1n) is 13.3. The van der Waals surface area contributed by atoms with Gasteiger partial charge in [-0.05, 0) is 49.8 Å². The minimum absolute atomic E-state index is 0.0363. The number of allylic oxidation sites excluding steroid dienone is 1. The lowest BCUT2D eigenvalue weighted by Gasteiger charge is -2.22. The Morgan fingerprint density at radius 3 is 2.37 bits per heavy atom. The van der Waals surface area contributed by atoms with Crippen molar-refractivity contribution in [2.75, 3.05) is 49.3 Å². The van der Waals surface area contributed by atoms with Crippen LogP contribution in [0.1, 0.15) is 44.2 Å². The number of fused-ring (bicyclic) bond motifs is 1. The molecule has 0 saturated heterocycles. The van der Waals surface area contributed by atoms with E-state index in [4.69, 9.17) is 4.74 Å². The predicted molar refractivity (Wildman–Crippen MR) is 163 cm³/mol. The van der Waals surface area contributed by atoms with Crippen LogP contribution in [-0.2, 0) is 14.9 Å². The van der Waals surface area contributed by atoms with E-state index in [0.29, 0.717) is 50.4 Å². The maximum Gasteiger partial charge on any atom is 0.306 e. The highest BCUT2D eigenvalue weighted by Crippen LogP contribution is 2.40. The van der Waals surface area contributed by atoms with Gasteiger partial charge >= 0.3 is 5.97 Å². The maximum absolute atomic E-state index is 12.4. The Hall–Kier alpha value is -2.26. The van der Waals surface area contributed by atoms with Crippen molar-refractivity contribution in [3.63, 3.8) is 0 Å². The number of carbonyl (C=O) groups excluding carboxylic acids is 1. The van der Waals surface area contributed by atoms with Crippen LogP contribution in [0.15, 0.2) is 54.6 Å². The van der Waals surface area contributed by atoms with Gasteiger partial charge in [0.15, 0.2) is 5.71 Å². The lowest BCUT2D eigenvalue weighted by Crippen LogP contribution is -2.29. The number of thiol groups is 2. The lowest BCUT2D eigenvalue weighted by molar-refractivity contribution is -0.438. The van der Waals surface area contributed by atoms with Crippen LogP contribution in [0, 0.1) is 0 Å². The SMILES string of the molecule is CC1(C)C(/C=C/c2ccc(N(CCO)CCO)cc2)=[N+](CCCC(=O)OC(CS)CCS)c2ccccc21. The minimum Gasteiger partial charge on any atom is -0.461 e. The van der Waals surface area contributed by atoms with E-state index in [1.54, 1.807) is 0 Å². The molecular formula is C30H41N2O4S2+. The van der Waals surface area contributed by atoms with Crippen LogP contribution in [0.3, 0.4) is 0 Å². The topological polar surface area (TPSA) is 73.0 Å². The number of carbonyl (C=O) groups is 1. The van der Waals surface area contributed by atoms with Gasteiger partial charge in [0.25, 0.3) is 0 Å². The first-order valence-corrected chi connectivity index (χ1v) is 14.5. The molecule has 0 bridgehead atoms. The molecule has 8 heteroatoms. The van der Waals surface area contributed by atoms with E-state index in [2.05, 4.69) is 80.1 Å². The summed E-state index contributed by atoms with van der Waals surface area (Å²) in [5, 5.41) is 18.6. The third kappa shape index (κ3) is 7.65. The largest absolute Gasteiger partial charge is 0.461 e. The molecule has 0 amide bonds. The van der Waals surface area contributed by atoms with E-state index < -0.39 is 0 Å². The molecule has 6 nitrogen and oxygen atoms in total. The normalized spacial score (nSPS) is 15.1. The van der Waals surface area contributed by atoms with Crippen LogP contribution in [0.4, 0.5) is 11.4 Å². The zero-order valence-electron chi connectivity index (χ0n) is 22.4. The van der Waals surface area contributed by atoms with Gasteiger partial charge in [-0.2, -0.15) is 29.8 Å². The van der Waals surface area contributed by atoms with Crippen molar-refractivity contribution >= 4 is 54.4 Å². The highest BCUT2D eigenvalue weighted by molar-refractivity contribution is 7.80. The Bertz CT molecular complexity index is 1110. The molecule has 0 spiro atoms. The molecule has 0 saturated carbocycles. The highest BCUT2D eigenvalue weighted by Gasteiger charge is 2.43. The van der Waals surface area contributed by atoms with Crippen molar-refractivity contribution in [1.29, 1.82) is 0 Å². The lowest BCUT2D eigenvalue weighted by atomic mass is 9.81. The fourth-order valence-electron chi connectivity index (χ4n) is 4.92. The average Bonchev–Trinajstić information content (AvgIpc) is 3.13. The van der Waals surface area contributed by atoms with Crippen molar-refractivity contribution in [2.24, 2.45) is 0 Å². The molecule has 2 N–H and O–H groups in total. The molecule has 206 valence electrons. The number of ether oxygens (including phenoxy) is 1. The van der Waals surface area contributed by atoms with E-state index in [-0.39, 0.29) is 30.7 Å². The van der Waals surface area contributed by atoms with E-state index >= 15 is 0 Å². The standard InChI is InChI=1S/C30H40N2O4S2/c1-30(2)26-6-3-4-7-27(26)32(16-5-8-29(35)36-25(22-38)15-21-37)28(30)14-11-23-9-12-24(13-10-23)31(17-19-33)18-20-34/h3-4,6-7,9-14,25,33-34H,5,8,15-22H2,1-2H3,(H-,37,38)/p+1. The number of rotatable bonds is 15. The molecule has 1 unspecified atom stereocenters. The summed E-state index contributed by atoms with van der Waals surface area (Å²) < 4.78 is 7.89. The van der Waals surface area contributed by atoms with Crippen LogP contribution in [0.2, 0.25) is 0 Å². The van der Waals surface area contributed by atoms with Crippen molar-refractivity contribution in [3.05, 3.63) is 65.7 Å². The molecule has 0 aliphatic carbocycles. The Labute approximate surface area is 237 Å². The third-order valence-corrected chi connectivity index (χ3v) is 7.61. The molecule has 3 rings (SSSR count). The number of para-hydroxylation sites is 1. The van der Waals surface area contributed by atoms with Gasteiger partial charge in [0.1, 0.15) is 12.6 Å². The van der Waals surface area contributed by atoms with E-state index in [1.165, 1.54) is 17.0 Å². The fraction of sp³-hybridized carbons (Fsp3) is 0.467. The average molecular weight is 558 g/mol. The minimum atomic E-state index is -0.189. The van der Waals surface area contributed by atoms with Crippen molar-refractivity contribution in [3.8, 4) is 0 Å². The van der Waals surface area contributed by atoms with Gasteiger partial charge in [0.2, 0.25) is 5.69 Å². The summed E-state index contributed by atoms with van der Waals surface area (Å²) in [6, 6.07) is 16.6. The Morgan fingerprint density at radius 1 is 1.05 bits per heavy atom. The Morgan fingerprint density at radius 2 is 1.74 bits per heavy atom. The van der Waals surface area contributed by atoms with Gasteiger partial charge in [-0.3, -0.25) is 4.79 Å². The predicted octanol–water partition coefficient (Wildman–Crippen LogP) is 4.51. The summed E-state index contributed by atoms with van der Waals surface area (Å²) in [5.74, 6) is 0.978. The molecule has 2 aromatic carbocycles. The second-order valence-electron chi connectivity index (χ2n) is 9.95. The summed E-state index contributed by atoms with van der Waals surface area (Å²) in [7, 11) is 0. The molecule has 1 atom stereocenters. The monoisotopic (exact) mass is 557 g/mol. The van der Waals surface area contributed by atoms with Gasteiger partial charge in [0.05, 0.1) is 25.0 Å². The number of benzene rings is 2. The number of aliphatic hydroxyl groups is 2. The quantitative estimate of drug-likeness (QED) is 0.147. The molecule has 38 heavy (non-hydrogen) atoms. The fourth-order valence-corrected chi connectivity index (χ4v) is 5.47. The first kappa shape index (κ1) is 30.3. The van der Waals surface area contributed by atoms with Gasteiger partial charge in [-0.1, -0.05) is 30.3 Å². The molecule has 1 aliphatic heterocycles. The second kappa shape index (κ2) is 14.8. The van der Waals surface area contributed by atoms with Gasteiger partial charge < -0.3 is 19.8 Å². The second-order valence-corrected chi connectivity index (χ2v) is 10.8. The van der Waals surface area contributed by atoms with Crippen LogP contribution in [0.5, 0.6) is 0 Å². The Kier molecular flexibility index (Phi) is 11.8. The number of hydrogen-bond donors (Lipinski definition) is 4. The maximum atomic E-state index is 12.4. The number of aliphatic hydroxyl groups excluding tert-OH is 2. The summed E-state index contributed by atoms with van der Waals surface area (Å²) in [4.78, 5) is 14.4. The van der Waals surface area contributed by atoms with Gasteiger partial charge in [0, 0.05) is 48.7 Å². The molecule has 0 aromatic heterocycles. The van der Waals surface area contributed by atoms with Crippen LogP contribution < -0.4 is 4.90 Å². The number of hydrogen-bond acceptors (Lipinski definition) is 7. The third-order valence-electron chi connectivity index (χ3n) is 6.95.